The Bertz CT molecular complexity index is 2000. The summed E-state index contributed by atoms with van der Waals surface area (Å²) in [6, 6.07) is 47.1. The van der Waals surface area contributed by atoms with E-state index < -0.39 is 12.2 Å². The van der Waals surface area contributed by atoms with E-state index >= 15 is 0 Å². The number of fused-ring (bicyclic) bond motifs is 1. The second kappa shape index (κ2) is 15.5. The van der Waals surface area contributed by atoms with Gasteiger partial charge in [0.2, 0.25) is 0 Å². The van der Waals surface area contributed by atoms with Crippen molar-refractivity contribution in [3.63, 3.8) is 0 Å². The average Bonchev–Trinajstić information content (AvgIpc) is 3.16. The fourth-order valence-corrected chi connectivity index (χ4v) is 6.90. The van der Waals surface area contributed by atoms with Crippen LogP contribution in [0.4, 0.5) is 0 Å². The molecule has 0 saturated carbocycles. The lowest BCUT2D eigenvalue weighted by Gasteiger charge is -2.41. The Kier molecular flexibility index (Phi) is 10.3. The molecule has 2 N–H and O–H groups in total. The van der Waals surface area contributed by atoms with Crippen molar-refractivity contribution >= 4 is 15.9 Å². The Hall–Kier alpha value is -5.24. The molecular weight excluding hydrogens is 692 g/mol. The minimum Gasteiger partial charge on any atom is -0.504 e. The van der Waals surface area contributed by atoms with Gasteiger partial charge in [0.25, 0.3) is 0 Å². The normalized spacial score (nSPS) is 16.6. The van der Waals surface area contributed by atoms with Crippen molar-refractivity contribution in [2.24, 2.45) is 0 Å². The Balaban J connectivity index is 1.37. The highest BCUT2D eigenvalue weighted by atomic mass is 79.9. The maximum atomic E-state index is 10.6. The van der Waals surface area contributed by atoms with Crippen molar-refractivity contribution in [3.8, 4) is 28.7 Å². The molecule has 0 spiro atoms. The minimum absolute atomic E-state index is 0.207. The van der Waals surface area contributed by atoms with E-state index in [2.05, 4.69) is 28.1 Å². The van der Waals surface area contributed by atoms with E-state index in [0.717, 1.165) is 27.8 Å². The molecule has 7 heteroatoms. The lowest BCUT2D eigenvalue weighted by molar-refractivity contribution is -0.0644. The van der Waals surface area contributed by atoms with E-state index in [0.29, 0.717) is 53.5 Å². The van der Waals surface area contributed by atoms with E-state index in [9.17, 15) is 10.2 Å². The average molecular weight is 730 g/mol. The topological polar surface area (TPSA) is 77.4 Å². The van der Waals surface area contributed by atoms with Crippen molar-refractivity contribution in [2.75, 3.05) is 0 Å². The maximum absolute atomic E-state index is 10.6. The predicted octanol–water partition coefficient (Wildman–Crippen LogP) is 10.1. The number of phenolic OH excluding ortho intramolecular Hbond substituents is 2. The molecule has 252 valence electrons. The molecule has 0 fully saturated rings. The van der Waals surface area contributed by atoms with Crippen LogP contribution < -0.4 is 14.2 Å². The molecule has 6 aromatic rings. The Labute approximate surface area is 300 Å². The number of benzene rings is 6. The summed E-state index contributed by atoms with van der Waals surface area (Å²) in [4.78, 5) is 0. The number of hydrogen-bond donors (Lipinski definition) is 2. The van der Waals surface area contributed by atoms with Gasteiger partial charge in [0.05, 0.1) is 6.61 Å². The summed E-state index contributed by atoms with van der Waals surface area (Å²) in [5.74, 6) is 1.10. The van der Waals surface area contributed by atoms with Crippen molar-refractivity contribution in [2.45, 2.75) is 44.4 Å². The van der Waals surface area contributed by atoms with E-state index in [1.807, 2.05) is 115 Å². The largest absolute Gasteiger partial charge is 0.504 e. The first kappa shape index (κ1) is 33.3. The van der Waals surface area contributed by atoms with Gasteiger partial charge in [-0.2, -0.15) is 0 Å². The quantitative estimate of drug-likeness (QED) is 0.122. The Morgan fingerprint density at radius 1 is 0.560 bits per heavy atom. The molecule has 0 amide bonds. The van der Waals surface area contributed by atoms with E-state index in [4.69, 9.17) is 18.9 Å². The standard InChI is InChI=1S/C43H37BrO6/c44-40-38(48-27-31-17-9-3-10-18-31)25-37(47-26-30-15-7-2-8-16-30)39-34(23-29-13-5-1-6-14-29)42(49-28-32-19-11-4-12-20-32)41(50-43(39)40)33-21-22-35(45)36(46)24-33/h1-22,24-25,34,41-42,45-46H,23,26-28H2/t34?,41-,42+/m1/s1. The van der Waals surface area contributed by atoms with Crippen LogP contribution in [0.25, 0.3) is 0 Å². The molecule has 7 rings (SSSR count). The van der Waals surface area contributed by atoms with Gasteiger partial charge in [0.1, 0.15) is 41.0 Å². The van der Waals surface area contributed by atoms with Crippen LogP contribution in [0.3, 0.4) is 0 Å². The SMILES string of the molecule is Oc1ccc([C@H]2Oc3c(Br)c(OCc4ccccc4)cc(OCc4ccccc4)c3C(Cc3ccccc3)[C@@H]2OCc2ccccc2)cc1O. The minimum atomic E-state index is -0.658. The van der Waals surface area contributed by atoms with Gasteiger partial charge in [-0.05, 0) is 62.3 Å². The second-order valence-electron chi connectivity index (χ2n) is 12.3. The summed E-state index contributed by atoms with van der Waals surface area (Å²) in [5, 5.41) is 20.8. The van der Waals surface area contributed by atoms with Gasteiger partial charge in [-0.15, -0.1) is 0 Å². The zero-order valence-electron chi connectivity index (χ0n) is 27.3. The molecule has 0 bridgehead atoms. The number of aromatic hydroxyl groups is 2. The monoisotopic (exact) mass is 728 g/mol. The van der Waals surface area contributed by atoms with Gasteiger partial charge in [-0.25, -0.2) is 0 Å². The first-order valence-electron chi connectivity index (χ1n) is 16.6. The Morgan fingerprint density at radius 2 is 1.08 bits per heavy atom. The van der Waals surface area contributed by atoms with Crippen LogP contribution in [0.1, 0.15) is 45.4 Å². The fraction of sp³-hybridized carbons (Fsp3) is 0.163. The molecule has 0 aromatic heterocycles. The Morgan fingerprint density at radius 3 is 1.64 bits per heavy atom. The van der Waals surface area contributed by atoms with Gasteiger partial charge in [0, 0.05) is 17.5 Å². The molecule has 1 heterocycles. The van der Waals surface area contributed by atoms with Crippen LogP contribution in [0.5, 0.6) is 28.7 Å². The molecule has 0 radical (unpaired) electrons. The molecule has 6 nitrogen and oxygen atoms in total. The smallest absolute Gasteiger partial charge is 0.157 e. The third-order valence-corrected chi connectivity index (χ3v) is 9.64. The highest BCUT2D eigenvalue weighted by molar-refractivity contribution is 9.10. The molecule has 3 atom stereocenters. The number of rotatable bonds is 12. The van der Waals surface area contributed by atoms with Crippen LogP contribution in [0.2, 0.25) is 0 Å². The number of halogens is 1. The van der Waals surface area contributed by atoms with Crippen LogP contribution in [-0.2, 0) is 31.0 Å². The van der Waals surface area contributed by atoms with Gasteiger partial charge < -0.3 is 29.2 Å². The highest BCUT2D eigenvalue weighted by Crippen LogP contribution is 2.55. The van der Waals surface area contributed by atoms with E-state index in [-0.39, 0.29) is 17.4 Å². The summed E-state index contributed by atoms with van der Waals surface area (Å²) in [5.41, 5.74) is 5.73. The summed E-state index contributed by atoms with van der Waals surface area (Å²) in [6.07, 6.45) is -0.557. The second-order valence-corrected chi connectivity index (χ2v) is 13.1. The predicted molar refractivity (Wildman–Crippen MR) is 197 cm³/mol. The fourth-order valence-electron chi connectivity index (χ4n) is 6.36. The van der Waals surface area contributed by atoms with Gasteiger partial charge in [-0.3, -0.25) is 0 Å². The molecule has 1 aliphatic heterocycles. The first-order chi connectivity index (χ1) is 24.5. The zero-order valence-corrected chi connectivity index (χ0v) is 28.9. The van der Waals surface area contributed by atoms with Crippen LogP contribution in [-0.4, -0.2) is 16.3 Å². The summed E-state index contributed by atoms with van der Waals surface area (Å²) >= 11 is 3.87. The summed E-state index contributed by atoms with van der Waals surface area (Å²) in [6.45, 7) is 1.04. The third-order valence-electron chi connectivity index (χ3n) is 8.88. The molecule has 6 aromatic carbocycles. The maximum Gasteiger partial charge on any atom is 0.157 e. The molecule has 0 aliphatic carbocycles. The van der Waals surface area contributed by atoms with Crippen LogP contribution in [0, 0.1) is 0 Å². The molecule has 50 heavy (non-hydrogen) atoms. The summed E-state index contributed by atoms with van der Waals surface area (Å²) < 4.78 is 27.6. The van der Waals surface area contributed by atoms with E-state index in [1.54, 1.807) is 12.1 Å². The summed E-state index contributed by atoms with van der Waals surface area (Å²) in [7, 11) is 0. The van der Waals surface area contributed by atoms with Gasteiger partial charge in [0.15, 0.2) is 17.6 Å². The third kappa shape index (κ3) is 7.65. The number of hydrogen-bond acceptors (Lipinski definition) is 6. The van der Waals surface area contributed by atoms with Gasteiger partial charge >= 0.3 is 0 Å². The highest BCUT2D eigenvalue weighted by Gasteiger charge is 2.44. The van der Waals surface area contributed by atoms with Crippen LogP contribution >= 0.6 is 15.9 Å². The van der Waals surface area contributed by atoms with Crippen molar-refractivity contribution < 1.29 is 29.2 Å². The van der Waals surface area contributed by atoms with Crippen LogP contribution in [0.15, 0.2) is 150 Å². The van der Waals surface area contributed by atoms with Gasteiger partial charge in [-0.1, -0.05) is 127 Å². The molecule has 1 unspecified atom stereocenters. The number of phenols is 2. The van der Waals surface area contributed by atoms with Crippen molar-refractivity contribution in [1.82, 2.24) is 0 Å². The number of ether oxygens (including phenoxy) is 4. The van der Waals surface area contributed by atoms with Crippen molar-refractivity contribution in [3.05, 3.63) is 183 Å². The molecule has 1 aliphatic rings. The molecular formula is C43H37BrO6. The first-order valence-corrected chi connectivity index (χ1v) is 17.4. The van der Waals surface area contributed by atoms with Crippen molar-refractivity contribution in [1.29, 1.82) is 0 Å². The van der Waals surface area contributed by atoms with E-state index in [1.165, 1.54) is 6.07 Å². The zero-order chi connectivity index (χ0) is 34.3. The lowest BCUT2D eigenvalue weighted by atomic mass is 9.80. The lowest BCUT2D eigenvalue weighted by Crippen LogP contribution is -2.38. The molecule has 0 saturated heterocycles.